The van der Waals surface area contributed by atoms with Crippen LogP contribution in [0.15, 0.2) is 51.5 Å². The Hall–Kier alpha value is -2.54. The van der Waals surface area contributed by atoms with Gasteiger partial charge in [-0.3, -0.25) is 10.1 Å². The zero-order valence-electron chi connectivity index (χ0n) is 11.7. The molecule has 1 aromatic carbocycles. The third-order valence-electron chi connectivity index (χ3n) is 2.85. The van der Waals surface area contributed by atoms with Gasteiger partial charge >= 0.3 is 5.97 Å². The third-order valence-corrected chi connectivity index (χ3v) is 3.94. The van der Waals surface area contributed by atoms with Crippen LogP contribution >= 0.6 is 11.8 Å². The first-order valence-corrected chi connectivity index (χ1v) is 7.31. The highest BCUT2D eigenvalue weighted by molar-refractivity contribution is 7.98. The number of nitro groups is 1. The van der Waals surface area contributed by atoms with Crippen LogP contribution in [-0.4, -0.2) is 16.0 Å². The Labute approximate surface area is 130 Å². The fourth-order valence-electron chi connectivity index (χ4n) is 1.74. The molecule has 0 atom stereocenters. The molecular formula is C15H13NO5S. The van der Waals surface area contributed by atoms with Crippen molar-refractivity contribution in [3.63, 3.8) is 0 Å². The fourth-order valence-corrected chi connectivity index (χ4v) is 2.65. The van der Waals surface area contributed by atoms with Gasteiger partial charge in [-0.15, -0.1) is 11.8 Å². The maximum Gasteiger partial charge on any atom is 0.331 e. The van der Waals surface area contributed by atoms with Crippen molar-refractivity contribution in [2.75, 3.05) is 0 Å². The van der Waals surface area contributed by atoms with Crippen molar-refractivity contribution >= 4 is 29.5 Å². The minimum Gasteiger partial charge on any atom is -0.478 e. The van der Waals surface area contributed by atoms with E-state index in [2.05, 4.69) is 0 Å². The van der Waals surface area contributed by atoms with Crippen LogP contribution in [0.3, 0.4) is 0 Å². The Morgan fingerprint density at radius 3 is 2.82 bits per heavy atom. The number of carboxylic acids is 1. The lowest BCUT2D eigenvalue weighted by atomic mass is 10.1. The van der Waals surface area contributed by atoms with E-state index in [0.717, 1.165) is 5.76 Å². The number of hydrogen-bond donors (Lipinski definition) is 1. The van der Waals surface area contributed by atoms with E-state index in [1.807, 2.05) is 0 Å². The van der Waals surface area contributed by atoms with E-state index in [1.54, 1.807) is 30.5 Å². The molecular weight excluding hydrogens is 306 g/mol. The largest absolute Gasteiger partial charge is 0.478 e. The maximum atomic E-state index is 11.2. The molecule has 0 aliphatic rings. The fraction of sp³-hybridized carbons (Fsp3) is 0.133. The zero-order chi connectivity index (χ0) is 16.1. The van der Waals surface area contributed by atoms with Crippen molar-refractivity contribution in [1.29, 1.82) is 0 Å². The summed E-state index contributed by atoms with van der Waals surface area (Å²) in [5.41, 5.74) is 0.544. The van der Waals surface area contributed by atoms with E-state index in [9.17, 15) is 14.9 Å². The number of carbonyl (C=O) groups is 1. The molecule has 0 fully saturated rings. The van der Waals surface area contributed by atoms with Crippen molar-refractivity contribution in [2.45, 2.75) is 17.6 Å². The molecule has 7 heteroatoms. The van der Waals surface area contributed by atoms with Gasteiger partial charge in [0, 0.05) is 11.6 Å². The van der Waals surface area contributed by atoms with Gasteiger partial charge < -0.3 is 9.52 Å². The van der Waals surface area contributed by atoms with E-state index in [1.165, 1.54) is 30.8 Å². The Morgan fingerprint density at radius 1 is 1.45 bits per heavy atom. The topological polar surface area (TPSA) is 93.6 Å². The Kier molecular flexibility index (Phi) is 5.00. The Balaban J connectivity index is 2.25. The number of rotatable bonds is 6. The molecule has 0 spiro atoms. The Bertz CT molecular complexity index is 722. The summed E-state index contributed by atoms with van der Waals surface area (Å²) >= 11 is 1.29. The summed E-state index contributed by atoms with van der Waals surface area (Å²) in [6.45, 7) is 1.44. The summed E-state index contributed by atoms with van der Waals surface area (Å²) in [6.07, 6.45) is 2.95. The number of aliphatic carboxylic acids is 1. The molecule has 0 saturated heterocycles. The van der Waals surface area contributed by atoms with Gasteiger partial charge in [0.2, 0.25) is 0 Å². The van der Waals surface area contributed by atoms with Crippen LogP contribution in [0.1, 0.15) is 18.2 Å². The molecule has 0 bridgehead atoms. The van der Waals surface area contributed by atoms with Crippen LogP contribution in [0.4, 0.5) is 5.69 Å². The minimum atomic E-state index is -1.06. The second kappa shape index (κ2) is 6.95. The SMILES string of the molecule is C/C(=C\c1ccc(SCc2ccco2)c([N+](=O)[O-])c1)C(=O)O. The molecule has 1 heterocycles. The lowest BCUT2D eigenvalue weighted by Gasteiger charge is -2.03. The van der Waals surface area contributed by atoms with Gasteiger partial charge in [0.05, 0.1) is 21.8 Å². The van der Waals surface area contributed by atoms with Gasteiger partial charge in [0.15, 0.2) is 0 Å². The molecule has 22 heavy (non-hydrogen) atoms. The number of carboxylic acid groups (broad SMARTS) is 1. The van der Waals surface area contributed by atoms with Crippen molar-refractivity contribution < 1.29 is 19.2 Å². The highest BCUT2D eigenvalue weighted by Crippen LogP contribution is 2.32. The summed E-state index contributed by atoms with van der Waals surface area (Å²) in [4.78, 5) is 22.0. The quantitative estimate of drug-likeness (QED) is 0.375. The van der Waals surface area contributed by atoms with Crippen LogP contribution in [0, 0.1) is 10.1 Å². The minimum absolute atomic E-state index is 0.0523. The molecule has 0 amide bonds. The van der Waals surface area contributed by atoms with Gasteiger partial charge in [-0.25, -0.2) is 4.79 Å². The first kappa shape index (κ1) is 15.8. The lowest BCUT2D eigenvalue weighted by Crippen LogP contribution is -1.96. The van der Waals surface area contributed by atoms with Crippen LogP contribution in [0.25, 0.3) is 6.08 Å². The predicted molar refractivity (Wildman–Crippen MR) is 82.7 cm³/mol. The zero-order valence-corrected chi connectivity index (χ0v) is 12.5. The standard InChI is InChI=1S/C15H13NO5S/c1-10(15(17)18)7-11-4-5-14(13(8-11)16(19)20)22-9-12-3-2-6-21-12/h2-8H,9H2,1H3,(H,17,18)/b10-7+. The molecule has 0 unspecified atom stereocenters. The van der Waals surface area contributed by atoms with Gasteiger partial charge in [0.1, 0.15) is 5.76 Å². The maximum absolute atomic E-state index is 11.2. The number of hydrogen-bond acceptors (Lipinski definition) is 5. The first-order valence-electron chi connectivity index (χ1n) is 6.32. The van der Waals surface area contributed by atoms with E-state index in [0.29, 0.717) is 16.2 Å². The second-order valence-corrected chi connectivity index (χ2v) is 5.50. The smallest absolute Gasteiger partial charge is 0.331 e. The molecule has 2 aromatic rings. The number of thioether (sulfide) groups is 1. The molecule has 6 nitrogen and oxygen atoms in total. The van der Waals surface area contributed by atoms with Crippen LogP contribution < -0.4 is 0 Å². The van der Waals surface area contributed by atoms with Gasteiger partial charge in [-0.1, -0.05) is 6.07 Å². The first-order chi connectivity index (χ1) is 10.5. The summed E-state index contributed by atoms with van der Waals surface area (Å²) in [5.74, 6) is 0.154. The lowest BCUT2D eigenvalue weighted by molar-refractivity contribution is -0.387. The second-order valence-electron chi connectivity index (χ2n) is 4.48. The molecule has 0 aliphatic carbocycles. The van der Waals surface area contributed by atoms with Crippen LogP contribution in [0.5, 0.6) is 0 Å². The van der Waals surface area contributed by atoms with Crippen molar-refractivity contribution in [2.24, 2.45) is 0 Å². The average Bonchev–Trinajstić information content (AvgIpc) is 2.98. The molecule has 1 aromatic heterocycles. The van der Waals surface area contributed by atoms with Gasteiger partial charge in [0.25, 0.3) is 5.69 Å². The summed E-state index contributed by atoms with van der Waals surface area (Å²) < 4.78 is 5.19. The monoisotopic (exact) mass is 319 g/mol. The third kappa shape index (κ3) is 3.98. The number of nitrogens with zero attached hydrogens (tertiary/aromatic N) is 1. The van der Waals surface area contributed by atoms with E-state index >= 15 is 0 Å². The number of furan rings is 1. The highest BCUT2D eigenvalue weighted by Gasteiger charge is 2.15. The van der Waals surface area contributed by atoms with Crippen molar-refractivity contribution in [3.05, 3.63) is 63.6 Å². The average molecular weight is 319 g/mol. The molecule has 2 rings (SSSR count). The molecule has 0 saturated carbocycles. The number of benzene rings is 1. The molecule has 114 valence electrons. The molecule has 0 aliphatic heterocycles. The Morgan fingerprint density at radius 2 is 2.23 bits per heavy atom. The van der Waals surface area contributed by atoms with Crippen molar-refractivity contribution in [3.8, 4) is 0 Å². The normalized spacial score (nSPS) is 11.4. The summed E-state index contributed by atoms with van der Waals surface area (Å²) in [7, 11) is 0. The van der Waals surface area contributed by atoms with Crippen molar-refractivity contribution in [1.82, 2.24) is 0 Å². The summed E-state index contributed by atoms with van der Waals surface area (Å²) in [6, 6.07) is 8.20. The van der Waals surface area contributed by atoms with Crippen LogP contribution in [-0.2, 0) is 10.5 Å². The predicted octanol–water partition coefficient (Wildman–Crippen LogP) is 3.97. The van der Waals surface area contributed by atoms with E-state index in [4.69, 9.17) is 9.52 Å². The van der Waals surface area contributed by atoms with Crippen LogP contribution in [0.2, 0.25) is 0 Å². The molecule has 1 N–H and O–H groups in total. The molecule has 0 radical (unpaired) electrons. The highest BCUT2D eigenvalue weighted by atomic mass is 32.2. The van der Waals surface area contributed by atoms with E-state index in [-0.39, 0.29) is 11.3 Å². The van der Waals surface area contributed by atoms with Gasteiger partial charge in [-0.05, 0) is 36.8 Å². The van der Waals surface area contributed by atoms with Gasteiger partial charge in [-0.2, -0.15) is 0 Å². The number of nitro benzene ring substituents is 1. The van der Waals surface area contributed by atoms with E-state index < -0.39 is 10.9 Å². The summed E-state index contributed by atoms with van der Waals surface area (Å²) in [5, 5.41) is 20.0.